The van der Waals surface area contributed by atoms with E-state index in [2.05, 4.69) is 9.88 Å². The molecule has 1 aliphatic heterocycles. The highest BCUT2D eigenvalue weighted by Crippen LogP contribution is 2.17. The van der Waals surface area contributed by atoms with Gasteiger partial charge in [-0.1, -0.05) is 12.1 Å². The van der Waals surface area contributed by atoms with Crippen LogP contribution in [0.4, 0.5) is 0 Å². The molecule has 8 heteroatoms. The number of morpholine rings is 1. The number of methoxy groups -OCH3 is 1. The smallest absolute Gasteiger partial charge is 0.338 e. The van der Waals surface area contributed by atoms with E-state index in [1.807, 2.05) is 5.38 Å². The maximum atomic E-state index is 12.8. The Hall–Kier alpha value is -2.29. The number of esters is 1. The molecule has 1 aromatic heterocycles. The van der Waals surface area contributed by atoms with Crippen LogP contribution >= 0.6 is 11.3 Å². The number of ether oxygens (including phenoxy) is 2. The first kappa shape index (κ1) is 19.5. The molecule has 0 N–H and O–H groups in total. The van der Waals surface area contributed by atoms with E-state index in [1.54, 1.807) is 47.5 Å². The van der Waals surface area contributed by atoms with Crippen LogP contribution in [0.3, 0.4) is 0 Å². The fourth-order valence-electron chi connectivity index (χ4n) is 2.92. The molecule has 2 aromatic rings. The van der Waals surface area contributed by atoms with Crippen molar-refractivity contribution in [1.82, 2.24) is 14.8 Å². The molecule has 0 atom stereocenters. The summed E-state index contributed by atoms with van der Waals surface area (Å²) in [4.78, 5) is 33.2. The third-order valence-corrected chi connectivity index (χ3v) is 5.25. The summed E-state index contributed by atoms with van der Waals surface area (Å²) in [6, 6.07) is 6.67. The Kier molecular flexibility index (Phi) is 6.54. The van der Waals surface area contributed by atoms with E-state index in [0.717, 1.165) is 43.5 Å². The number of hydrogen-bond acceptors (Lipinski definition) is 7. The minimum absolute atomic E-state index is 0.237. The number of thiazole rings is 1. The third kappa shape index (κ3) is 4.91. The number of carbonyl (C=O) groups is 2. The summed E-state index contributed by atoms with van der Waals surface area (Å²) in [5, 5.41) is 3.01. The molecular formula is C19H23N3O4S. The molecular weight excluding hydrogens is 366 g/mol. The predicted molar refractivity (Wildman–Crippen MR) is 102 cm³/mol. The van der Waals surface area contributed by atoms with Gasteiger partial charge in [-0.05, 0) is 12.1 Å². The zero-order valence-corrected chi connectivity index (χ0v) is 16.3. The van der Waals surface area contributed by atoms with Gasteiger partial charge in [0.05, 0.1) is 50.2 Å². The third-order valence-electron chi connectivity index (χ3n) is 4.37. The number of carbonyl (C=O) groups excluding carboxylic acids is 2. The van der Waals surface area contributed by atoms with E-state index in [0.29, 0.717) is 12.1 Å². The van der Waals surface area contributed by atoms with Crippen LogP contribution in [0.15, 0.2) is 29.6 Å². The van der Waals surface area contributed by atoms with E-state index >= 15 is 0 Å². The van der Waals surface area contributed by atoms with Gasteiger partial charge in [0.1, 0.15) is 5.01 Å². The van der Waals surface area contributed by atoms with Crippen LogP contribution in [0, 0.1) is 0 Å². The van der Waals surface area contributed by atoms with Crippen LogP contribution in [0.2, 0.25) is 0 Å². The van der Waals surface area contributed by atoms with Crippen LogP contribution in [0.5, 0.6) is 0 Å². The van der Waals surface area contributed by atoms with Crippen molar-refractivity contribution < 1.29 is 19.1 Å². The molecule has 0 spiro atoms. The molecule has 0 bridgehead atoms. The maximum Gasteiger partial charge on any atom is 0.338 e. The van der Waals surface area contributed by atoms with E-state index in [4.69, 9.17) is 9.47 Å². The number of amides is 1. The summed E-state index contributed by atoms with van der Waals surface area (Å²) < 4.78 is 10.1. The molecule has 144 valence electrons. The van der Waals surface area contributed by atoms with Crippen molar-refractivity contribution in [2.45, 2.75) is 13.1 Å². The second-order valence-corrected chi connectivity index (χ2v) is 7.26. The van der Waals surface area contributed by atoms with Crippen LogP contribution < -0.4 is 0 Å². The van der Waals surface area contributed by atoms with Gasteiger partial charge in [-0.2, -0.15) is 0 Å². The molecule has 0 unspecified atom stereocenters. The van der Waals surface area contributed by atoms with Gasteiger partial charge in [-0.15, -0.1) is 11.3 Å². The Morgan fingerprint density at radius 2 is 1.96 bits per heavy atom. The molecule has 7 nitrogen and oxygen atoms in total. The molecule has 1 aromatic carbocycles. The van der Waals surface area contributed by atoms with E-state index in [1.165, 1.54) is 7.11 Å². The highest BCUT2D eigenvalue weighted by Gasteiger charge is 2.21. The zero-order chi connectivity index (χ0) is 19.2. The van der Waals surface area contributed by atoms with Crippen molar-refractivity contribution in [3.63, 3.8) is 0 Å². The highest BCUT2D eigenvalue weighted by atomic mass is 32.1. The molecule has 2 heterocycles. The number of nitrogens with zero attached hydrogens (tertiary/aromatic N) is 3. The molecule has 0 radical (unpaired) electrons. The fourth-order valence-corrected chi connectivity index (χ4v) is 3.75. The fraction of sp³-hybridized carbons (Fsp3) is 0.421. The SMILES string of the molecule is COC(=O)c1ccccc1C(=O)N(C)Cc1csc(CN2CCOCC2)n1. The lowest BCUT2D eigenvalue weighted by molar-refractivity contribution is 0.0341. The Morgan fingerprint density at radius 3 is 2.67 bits per heavy atom. The average molecular weight is 389 g/mol. The highest BCUT2D eigenvalue weighted by molar-refractivity contribution is 7.09. The van der Waals surface area contributed by atoms with Crippen molar-refractivity contribution in [3.8, 4) is 0 Å². The van der Waals surface area contributed by atoms with Crippen molar-refractivity contribution in [1.29, 1.82) is 0 Å². The van der Waals surface area contributed by atoms with Gasteiger partial charge in [0, 0.05) is 25.5 Å². The lowest BCUT2D eigenvalue weighted by Gasteiger charge is -2.25. The molecule has 0 saturated carbocycles. The maximum absolute atomic E-state index is 12.8. The van der Waals surface area contributed by atoms with Crippen molar-refractivity contribution >= 4 is 23.2 Å². The largest absolute Gasteiger partial charge is 0.465 e. The first-order chi connectivity index (χ1) is 13.1. The number of aromatic nitrogens is 1. The second-order valence-electron chi connectivity index (χ2n) is 6.32. The van der Waals surface area contributed by atoms with Crippen LogP contribution in [0.1, 0.15) is 31.4 Å². The van der Waals surface area contributed by atoms with E-state index in [9.17, 15) is 9.59 Å². The molecule has 1 amide bonds. The monoisotopic (exact) mass is 389 g/mol. The Labute approximate surface area is 162 Å². The summed E-state index contributed by atoms with van der Waals surface area (Å²) in [7, 11) is 3.01. The molecule has 1 fully saturated rings. The van der Waals surface area contributed by atoms with Crippen LogP contribution in [0.25, 0.3) is 0 Å². The number of benzene rings is 1. The van der Waals surface area contributed by atoms with Crippen molar-refractivity contribution in [3.05, 3.63) is 51.5 Å². The standard InChI is InChI=1S/C19H23N3O4S/c1-21(18(23)15-5-3-4-6-16(15)19(24)25-2)11-14-13-27-17(20-14)12-22-7-9-26-10-8-22/h3-6,13H,7-12H2,1-2H3. The van der Waals surface area contributed by atoms with Gasteiger partial charge < -0.3 is 14.4 Å². The Morgan fingerprint density at radius 1 is 1.26 bits per heavy atom. The summed E-state index contributed by atoms with van der Waals surface area (Å²) >= 11 is 1.60. The number of rotatable bonds is 6. The average Bonchev–Trinajstić information content (AvgIpc) is 3.14. The molecule has 1 aliphatic rings. The molecule has 3 rings (SSSR count). The predicted octanol–water partition coefficient (Wildman–Crippen LogP) is 2.03. The molecule has 27 heavy (non-hydrogen) atoms. The number of hydrogen-bond donors (Lipinski definition) is 0. The van der Waals surface area contributed by atoms with Gasteiger partial charge >= 0.3 is 5.97 Å². The van der Waals surface area contributed by atoms with Gasteiger partial charge in [0.2, 0.25) is 0 Å². The minimum atomic E-state index is -0.520. The van der Waals surface area contributed by atoms with Crippen molar-refractivity contribution in [2.75, 3.05) is 40.5 Å². The lowest BCUT2D eigenvalue weighted by atomic mass is 10.1. The Balaban J connectivity index is 1.64. The quantitative estimate of drug-likeness (QED) is 0.704. The normalized spacial score (nSPS) is 14.7. The molecule has 0 aliphatic carbocycles. The summed E-state index contributed by atoms with van der Waals surface area (Å²) in [6.07, 6.45) is 0. The summed E-state index contributed by atoms with van der Waals surface area (Å²) in [6.45, 7) is 4.53. The van der Waals surface area contributed by atoms with Gasteiger partial charge in [-0.3, -0.25) is 9.69 Å². The van der Waals surface area contributed by atoms with Gasteiger partial charge in [-0.25, -0.2) is 9.78 Å². The lowest BCUT2D eigenvalue weighted by Crippen LogP contribution is -2.35. The van der Waals surface area contributed by atoms with Gasteiger partial charge in [0.15, 0.2) is 0 Å². The van der Waals surface area contributed by atoms with Crippen LogP contribution in [-0.2, 0) is 22.6 Å². The topological polar surface area (TPSA) is 72.0 Å². The Bertz CT molecular complexity index is 802. The second kappa shape index (κ2) is 9.07. The van der Waals surface area contributed by atoms with E-state index < -0.39 is 5.97 Å². The van der Waals surface area contributed by atoms with Gasteiger partial charge in [0.25, 0.3) is 5.91 Å². The van der Waals surface area contributed by atoms with E-state index in [-0.39, 0.29) is 11.5 Å². The zero-order valence-electron chi connectivity index (χ0n) is 15.5. The minimum Gasteiger partial charge on any atom is -0.465 e. The van der Waals surface area contributed by atoms with Crippen LogP contribution in [-0.4, -0.2) is 67.1 Å². The van der Waals surface area contributed by atoms with Crippen molar-refractivity contribution in [2.24, 2.45) is 0 Å². The molecule has 1 saturated heterocycles. The summed E-state index contributed by atoms with van der Waals surface area (Å²) in [5.74, 6) is -0.757. The first-order valence-corrected chi connectivity index (χ1v) is 9.62. The first-order valence-electron chi connectivity index (χ1n) is 8.74. The summed E-state index contributed by atoms with van der Waals surface area (Å²) in [5.41, 5.74) is 1.44.